The summed E-state index contributed by atoms with van der Waals surface area (Å²) in [6.07, 6.45) is 1.42. The molecule has 2 aromatic rings. The van der Waals surface area contributed by atoms with Crippen LogP contribution >= 0.6 is 0 Å². The number of benzene rings is 1. The van der Waals surface area contributed by atoms with Crippen molar-refractivity contribution < 1.29 is 9.47 Å². The van der Waals surface area contributed by atoms with Gasteiger partial charge >= 0.3 is 0 Å². The molecule has 1 aromatic carbocycles. The zero-order chi connectivity index (χ0) is 14.9. The van der Waals surface area contributed by atoms with Gasteiger partial charge in [0.25, 0.3) is 0 Å². The maximum absolute atomic E-state index is 8.94. The van der Waals surface area contributed by atoms with Crippen LogP contribution in [-0.4, -0.2) is 22.8 Å². The number of hydrogen-bond donors (Lipinski definition) is 0. The summed E-state index contributed by atoms with van der Waals surface area (Å²) >= 11 is 0. The van der Waals surface area contributed by atoms with Crippen molar-refractivity contribution in [1.29, 1.82) is 10.5 Å². The second-order valence-corrected chi connectivity index (χ2v) is 4.21. The first kappa shape index (κ1) is 14.7. The van der Waals surface area contributed by atoms with Crippen LogP contribution in [0.2, 0.25) is 0 Å². The van der Waals surface area contributed by atoms with Gasteiger partial charge in [-0.15, -0.1) is 0 Å². The molecule has 0 saturated heterocycles. The summed E-state index contributed by atoms with van der Waals surface area (Å²) in [6.45, 7) is 1.57. The largest absolute Gasteiger partial charge is 0.374 e. The molecule has 0 saturated carbocycles. The highest BCUT2D eigenvalue weighted by Crippen LogP contribution is 2.05. The molecule has 2 rings (SSSR count). The second-order valence-electron chi connectivity index (χ2n) is 4.21. The van der Waals surface area contributed by atoms with Gasteiger partial charge in [0.05, 0.1) is 26.1 Å². The van der Waals surface area contributed by atoms with E-state index in [1.54, 1.807) is 0 Å². The monoisotopic (exact) mass is 282 g/mol. The highest BCUT2D eigenvalue weighted by molar-refractivity contribution is 5.35. The Balaban J connectivity index is 1.68. The SMILES string of the molecule is N#Cc1ncn(COCCOCc2ccccc2)c1C#N. The van der Waals surface area contributed by atoms with Crippen molar-refractivity contribution in [3.05, 3.63) is 53.6 Å². The molecule has 0 unspecified atom stereocenters. The van der Waals surface area contributed by atoms with Crippen molar-refractivity contribution in [2.24, 2.45) is 0 Å². The fourth-order valence-electron chi connectivity index (χ4n) is 1.72. The van der Waals surface area contributed by atoms with Gasteiger partial charge in [-0.25, -0.2) is 4.98 Å². The van der Waals surface area contributed by atoms with E-state index in [0.29, 0.717) is 19.8 Å². The molecule has 106 valence electrons. The van der Waals surface area contributed by atoms with Gasteiger partial charge in [-0.05, 0) is 5.56 Å². The quantitative estimate of drug-likeness (QED) is 0.723. The Morgan fingerprint density at radius 3 is 2.52 bits per heavy atom. The Kier molecular flexibility index (Phi) is 5.48. The highest BCUT2D eigenvalue weighted by atomic mass is 16.5. The second kappa shape index (κ2) is 7.81. The van der Waals surface area contributed by atoms with Gasteiger partial charge in [-0.1, -0.05) is 30.3 Å². The van der Waals surface area contributed by atoms with E-state index in [4.69, 9.17) is 20.0 Å². The summed E-state index contributed by atoms with van der Waals surface area (Å²) in [6, 6.07) is 13.7. The van der Waals surface area contributed by atoms with E-state index in [1.165, 1.54) is 10.9 Å². The molecule has 6 heteroatoms. The molecule has 1 heterocycles. The molecule has 1 aromatic heterocycles. The minimum Gasteiger partial charge on any atom is -0.374 e. The van der Waals surface area contributed by atoms with Crippen LogP contribution in [0.15, 0.2) is 36.7 Å². The lowest BCUT2D eigenvalue weighted by Crippen LogP contribution is -2.09. The average Bonchev–Trinajstić information content (AvgIpc) is 2.93. The van der Waals surface area contributed by atoms with Crippen molar-refractivity contribution in [2.45, 2.75) is 13.3 Å². The first-order valence-corrected chi connectivity index (χ1v) is 6.40. The number of hydrogen-bond acceptors (Lipinski definition) is 5. The molecule has 0 bridgehead atoms. The minimum atomic E-state index is 0.112. The van der Waals surface area contributed by atoms with Crippen molar-refractivity contribution >= 4 is 0 Å². The van der Waals surface area contributed by atoms with E-state index < -0.39 is 0 Å². The van der Waals surface area contributed by atoms with Crippen LogP contribution in [0, 0.1) is 22.7 Å². The summed E-state index contributed by atoms with van der Waals surface area (Å²) in [5.74, 6) is 0. The summed E-state index contributed by atoms with van der Waals surface area (Å²) < 4.78 is 12.4. The zero-order valence-electron chi connectivity index (χ0n) is 11.4. The molecular formula is C15H14N4O2. The van der Waals surface area contributed by atoms with E-state index in [2.05, 4.69) is 4.98 Å². The van der Waals surface area contributed by atoms with Gasteiger partial charge in [0, 0.05) is 0 Å². The lowest BCUT2D eigenvalue weighted by atomic mass is 10.2. The van der Waals surface area contributed by atoms with Gasteiger partial charge in [-0.2, -0.15) is 10.5 Å². The fourth-order valence-corrected chi connectivity index (χ4v) is 1.72. The molecule has 6 nitrogen and oxygen atoms in total. The number of rotatable bonds is 7. The molecule has 0 N–H and O–H groups in total. The summed E-state index contributed by atoms with van der Waals surface area (Å²) in [5, 5.41) is 17.7. The van der Waals surface area contributed by atoms with Crippen LogP contribution in [0.4, 0.5) is 0 Å². The summed E-state index contributed by atoms with van der Waals surface area (Å²) in [7, 11) is 0. The zero-order valence-corrected chi connectivity index (χ0v) is 11.4. The summed E-state index contributed by atoms with van der Waals surface area (Å²) in [5.41, 5.74) is 1.43. The maximum Gasteiger partial charge on any atom is 0.176 e. The molecule has 0 aliphatic rings. The third-order valence-corrected chi connectivity index (χ3v) is 2.76. The molecule has 0 radical (unpaired) electrons. The molecule has 0 atom stereocenters. The predicted molar refractivity (Wildman–Crippen MR) is 73.7 cm³/mol. The van der Waals surface area contributed by atoms with Crippen molar-refractivity contribution in [3.63, 3.8) is 0 Å². The van der Waals surface area contributed by atoms with E-state index in [1.807, 2.05) is 42.5 Å². The Morgan fingerprint density at radius 1 is 1.05 bits per heavy atom. The van der Waals surface area contributed by atoms with E-state index in [-0.39, 0.29) is 18.1 Å². The van der Waals surface area contributed by atoms with Crippen molar-refractivity contribution in [3.8, 4) is 12.1 Å². The molecule has 0 amide bonds. The number of nitriles is 2. The first-order valence-electron chi connectivity index (χ1n) is 6.40. The Bertz CT molecular complexity index is 653. The van der Waals surface area contributed by atoms with Crippen LogP contribution in [0.3, 0.4) is 0 Å². The number of imidazole rings is 1. The maximum atomic E-state index is 8.94. The van der Waals surface area contributed by atoms with Crippen molar-refractivity contribution in [1.82, 2.24) is 9.55 Å². The molecule has 21 heavy (non-hydrogen) atoms. The van der Waals surface area contributed by atoms with Crippen LogP contribution in [-0.2, 0) is 22.8 Å². The summed E-state index contributed by atoms with van der Waals surface area (Å²) in [4.78, 5) is 3.83. The molecule has 0 aliphatic heterocycles. The highest BCUT2D eigenvalue weighted by Gasteiger charge is 2.09. The van der Waals surface area contributed by atoms with Gasteiger partial charge in [0.15, 0.2) is 11.4 Å². The van der Waals surface area contributed by atoms with Crippen LogP contribution in [0.5, 0.6) is 0 Å². The topological polar surface area (TPSA) is 83.9 Å². The van der Waals surface area contributed by atoms with E-state index in [0.717, 1.165) is 5.56 Å². The lowest BCUT2D eigenvalue weighted by Gasteiger charge is -2.07. The smallest absolute Gasteiger partial charge is 0.176 e. The third-order valence-electron chi connectivity index (χ3n) is 2.76. The van der Waals surface area contributed by atoms with Crippen LogP contribution in [0.1, 0.15) is 17.0 Å². The van der Waals surface area contributed by atoms with Gasteiger partial charge in [-0.3, -0.25) is 4.57 Å². The first-order chi connectivity index (χ1) is 10.3. The number of nitrogens with zero attached hydrogens (tertiary/aromatic N) is 4. The number of aromatic nitrogens is 2. The lowest BCUT2D eigenvalue weighted by molar-refractivity contribution is 0.0133. The van der Waals surface area contributed by atoms with Crippen molar-refractivity contribution in [2.75, 3.05) is 13.2 Å². The molecule has 0 fully saturated rings. The third kappa shape index (κ3) is 4.15. The van der Waals surface area contributed by atoms with E-state index >= 15 is 0 Å². The predicted octanol–water partition coefficient (Wildman–Crippen LogP) is 1.82. The fraction of sp³-hybridized carbons (Fsp3) is 0.267. The standard InChI is InChI=1S/C15H14N4O2/c16-8-14-15(9-17)19(11-18-14)12-21-7-6-20-10-13-4-2-1-3-5-13/h1-5,11H,6-7,10,12H2. The van der Waals surface area contributed by atoms with Gasteiger partial charge in [0.1, 0.15) is 18.9 Å². The molecule has 0 spiro atoms. The van der Waals surface area contributed by atoms with Gasteiger partial charge < -0.3 is 9.47 Å². The Morgan fingerprint density at radius 2 is 1.81 bits per heavy atom. The molecular weight excluding hydrogens is 268 g/mol. The van der Waals surface area contributed by atoms with Crippen LogP contribution < -0.4 is 0 Å². The number of ether oxygens (including phenoxy) is 2. The normalized spacial score (nSPS) is 10.0. The minimum absolute atomic E-state index is 0.112. The van der Waals surface area contributed by atoms with Crippen LogP contribution in [0.25, 0.3) is 0 Å². The Hall–Kier alpha value is -2.67. The average molecular weight is 282 g/mol. The van der Waals surface area contributed by atoms with Gasteiger partial charge in [0.2, 0.25) is 0 Å². The van der Waals surface area contributed by atoms with E-state index in [9.17, 15) is 0 Å². The Labute approximate surface area is 122 Å². The molecule has 0 aliphatic carbocycles.